The van der Waals surface area contributed by atoms with E-state index >= 15 is 0 Å². The first-order valence-corrected chi connectivity index (χ1v) is 5.69. The standard InChI is InChI=1S/C12H15Cl2N/c1-9(2)15-5-3-4-10-6-11(13)8-12(14)7-10/h3-4,6-9,15H,5H2,1-2H3. The summed E-state index contributed by atoms with van der Waals surface area (Å²) in [7, 11) is 0. The van der Waals surface area contributed by atoms with Crippen molar-refractivity contribution in [3.05, 3.63) is 39.9 Å². The normalized spacial score (nSPS) is 11.5. The molecular weight excluding hydrogens is 229 g/mol. The highest BCUT2D eigenvalue weighted by Crippen LogP contribution is 2.19. The van der Waals surface area contributed by atoms with Crippen molar-refractivity contribution < 1.29 is 0 Å². The van der Waals surface area contributed by atoms with Crippen LogP contribution < -0.4 is 5.32 Å². The Morgan fingerprint density at radius 1 is 1.20 bits per heavy atom. The van der Waals surface area contributed by atoms with Crippen LogP contribution in [0.2, 0.25) is 10.0 Å². The highest BCUT2D eigenvalue weighted by atomic mass is 35.5. The third-order valence-corrected chi connectivity index (χ3v) is 2.28. The van der Waals surface area contributed by atoms with Crippen molar-refractivity contribution in [2.24, 2.45) is 0 Å². The third kappa shape index (κ3) is 5.22. The molecule has 1 nitrogen and oxygen atoms in total. The molecule has 82 valence electrons. The minimum atomic E-state index is 0.498. The first kappa shape index (κ1) is 12.6. The number of nitrogens with one attached hydrogen (secondary N) is 1. The molecule has 0 aliphatic carbocycles. The van der Waals surface area contributed by atoms with Crippen LogP contribution in [0.15, 0.2) is 24.3 Å². The second kappa shape index (κ2) is 6.16. The lowest BCUT2D eigenvalue weighted by Crippen LogP contribution is -2.22. The van der Waals surface area contributed by atoms with Gasteiger partial charge >= 0.3 is 0 Å². The van der Waals surface area contributed by atoms with Crippen LogP contribution in [-0.2, 0) is 0 Å². The Morgan fingerprint density at radius 3 is 2.33 bits per heavy atom. The second-order valence-corrected chi connectivity index (χ2v) is 4.54. The Labute approximate surface area is 101 Å². The fourth-order valence-electron chi connectivity index (χ4n) is 1.17. The van der Waals surface area contributed by atoms with Gasteiger partial charge in [-0.3, -0.25) is 0 Å². The van der Waals surface area contributed by atoms with E-state index in [4.69, 9.17) is 23.2 Å². The van der Waals surface area contributed by atoms with Gasteiger partial charge in [0.15, 0.2) is 0 Å². The summed E-state index contributed by atoms with van der Waals surface area (Å²) in [4.78, 5) is 0. The number of halogens is 2. The van der Waals surface area contributed by atoms with Crippen LogP contribution in [0, 0.1) is 0 Å². The molecule has 0 saturated carbocycles. The van der Waals surface area contributed by atoms with Crippen molar-refractivity contribution >= 4 is 29.3 Å². The summed E-state index contributed by atoms with van der Waals surface area (Å²) < 4.78 is 0. The summed E-state index contributed by atoms with van der Waals surface area (Å²) in [5.41, 5.74) is 1.03. The number of benzene rings is 1. The fraction of sp³-hybridized carbons (Fsp3) is 0.333. The van der Waals surface area contributed by atoms with E-state index in [1.54, 1.807) is 6.07 Å². The number of hydrogen-bond acceptors (Lipinski definition) is 1. The van der Waals surface area contributed by atoms with Gasteiger partial charge in [-0.2, -0.15) is 0 Å². The van der Waals surface area contributed by atoms with E-state index in [0.717, 1.165) is 12.1 Å². The Hall–Kier alpha value is -0.500. The summed E-state index contributed by atoms with van der Waals surface area (Å²) in [6.45, 7) is 5.08. The van der Waals surface area contributed by atoms with Gasteiger partial charge in [-0.05, 0) is 23.8 Å². The van der Waals surface area contributed by atoms with Gasteiger partial charge < -0.3 is 5.32 Å². The maximum atomic E-state index is 5.88. The molecule has 0 heterocycles. The molecule has 0 aliphatic rings. The minimum absolute atomic E-state index is 0.498. The van der Waals surface area contributed by atoms with Crippen LogP contribution in [0.25, 0.3) is 6.08 Å². The average Bonchev–Trinajstić information content (AvgIpc) is 2.10. The van der Waals surface area contributed by atoms with Crippen LogP contribution in [0.4, 0.5) is 0 Å². The van der Waals surface area contributed by atoms with E-state index in [2.05, 4.69) is 25.2 Å². The molecule has 0 spiro atoms. The van der Waals surface area contributed by atoms with Crippen LogP contribution in [0.5, 0.6) is 0 Å². The van der Waals surface area contributed by atoms with Crippen molar-refractivity contribution in [3.63, 3.8) is 0 Å². The Kier molecular flexibility index (Phi) is 5.16. The second-order valence-electron chi connectivity index (χ2n) is 3.67. The molecule has 0 radical (unpaired) electrons. The van der Waals surface area contributed by atoms with Gasteiger partial charge in [0.25, 0.3) is 0 Å². The molecule has 0 saturated heterocycles. The highest BCUT2D eigenvalue weighted by molar-refractivity contribution is 6.34. The summed E-state index contributed by atoms with van der Waals surface area (Å²) in [5, 5.41) is 4.62. The molecule has 1 aromatic carbocycles. The largest absolute Gasteiger partial charge is 0.311 e. The van der Waals surface area contributed by atoms with E-state index in [-0.39, 0.29) is 0 Å². The molecule has 0 aliphatic heterocycles. The van der Waals surface area contributed by atoms with Crippen LogP contribution in [0.3, 0.4) is 0 Å². The first-order valence-electron chi connectivity index (χ1n) is 4.94. The number of hydrogen-bond donors (Lipinski definition) is 1. The van der Waals surface area contributed by atoms with Crippen molar-refractivity contribution in [1.29, 1.82) is 0 Å². The molecule has 1 aromatic rings. The number of rotatable bonds is 4. The van der Waals surface area contributed by atoms with Gasteiger partial charge in [-0.15, -0.1) is 0 Å². The van der Waals surface area contributed by atoms with Crippen LogP contribution >= 0.6 is 23.2 Å². The zero-order valence-electron chi connectivity index (χ0n) is 8.93. The summed E-state index contributed by atoms with van der Waals surface area (Å²) >= 11 is 11.8. The van der Waals surface area contributed by atoms with Crippen molar-refractivity contribution in [1.82, 2.24) is 5.32 Å². The minimum Gasteiger partial charge on any atom is -0.311 e. The van der Waals surface area contributed by atoms with Gasteiger partial charge in [-0.1, -0.05) is 49.2 Å². The van der Waals surface area contributed by atoms with Gasteiger partial charge in [-0.25, -0.2) is 0 Å². The molecule has 0 bridgehead atoms. The first-order chi connectivity index (χ1) is 7.08. The van der Waals surface area contributed by atoms with Crippen molar-refractivity contribution in [2.45, 2.75) is 19.9 Å². The Bertz CT molecular complexity index is 325. The van der Waals surface area contributed by atoms with Crippen molar-refractivity contribution in [2.75, 3.05) is 6.54 Å². The molecular formula is C12H15Cl2N. The molecule has 0 aromatic heterocycles. The van der Waals surface area contributed by atoms with Gasteiger partial charge in [0, 0.05) is 22.6 Å². The van der Waals surface area contributed by atoms with Gasteiger partial charge in [0.05, 0.1) is 0 Å². The highest BCUT2D eigenvalue weighted by Gasteiger charge is 1.94. The quantitative estimate of drug-likeness (QED) is 0.843. The molecule has 1 rings (SSSR count). The lowest BCUT2D eigenvalue weighted by Gasteiger charge is -2.03. The molecule has 0 atom stereocenters. The zero-order valence-corrected chi connectivity index (χ0v) is 10.4. The summed E-state index contributed by atoms with van der Waals surface area (Å²) in [6, 6.07) is 6.00. The van der Waals surface area contributed by atoms with Crippen molar-refractivity contribution in [3.8, 4) is 0 Å². The third-order valence-electron chi connectivity index (χ3n) is 1.84. The molecule has 15 heavy (non-hydrogen) atoms. The van der Waals surface area contributed by atoms with E-state index in [0.29, 0.717) is 16.1 Å². The lowest BCUT2D eigenvalue weighted by molar-refractivity contribution is 0.633. The molecule has 3 heteroatoms. The molecule has 1 N–H and O–H groups in total. The van der Waals surface area contributed by atoms with E-state index in [1.807, 2.05) is 18.2 Å². The fourth-order valence-corrected chi connectivity index (χ4v) is 1.71. The van der Waals surface area contributed by atoms with Gasteiger partial charge in [0.2, 0.25) is 0 Å². The average molecular weight is 244 g/mol. The van der Waals surface area contributed by atoms with E-state index in [9.17, 15) is 0 Å². The SMILES string of the molecule is CC(C)NCC=Cc1cc(Cl)cc(Cl)c1. The topological polar surface area (TPSA) is 12.0 Å². The maximum Gasteiger partial charge on any atom is 0.0426 e. The predicted molar refractivity (Wildman–Crippen MR) is 68.6 cm³/mol. The lowest BCUT2D eigenvalue weighted by atomic mass is 10.2. The Morgan fingerprint density at radius 2 is 1.80 bits per heavy atom. The predicted octanol–water partition coefficient (Wildman–Crippen LogP) is 4.00. The maximum absolute atomic E-state index is 5.88. The zero-order chi connectivity index (χ0) is 11.3. The molecule has 0 amide bonds. The van der Waals surface area contributed by atoms with E-state index in [1.165, 1.54) is 0 Å². The monoisotopic (exact) mass is 243 g/mol. The Balaban J connectivity index is 2.56. The van der Waals surface area contributed by atoms with Crippen LogP contribution in [-0.4, -0.2) is 12.6 Å². The molecule has 0 unspecified atom stereocenters. The summed E-state index contributed by atoms with van der Waals surface area (Å²) in [5.74, 6) is 0. The summed E-state index contributed by atoms with van der Waals surface area (Å²) in [6.07, 6.45) is 4.06. The van der Waals surface area contributed by atoms with Crippen LogP contribution in [0.1, 0.15) is 19.4 Å². The van der Waals surface area contributed by atoms with Gasteiger partial charge in [0.1, 0.15) is 0 Å². The molecule has 0 fully saturated rings. The van der Waals surface area contributed by atoms with E-state index < -0.39 is 0 Å². The smallest absolute Gasteiger partial charge is 0.0426 e.